The molecule has 0 spiro atoms. The van der Waals surface area contributed by atoms with Gasteiger partial charge in [-0.25, -0.2) is 0 Å². The van der Waals surface area contributed by atoms with Crippen LogP contribution in [0.4, 0.5) is 0 Å². The predicted octanol–water partition coefficient (Wildman–Crippen LogP) is 5.26. The highest BCUT2D eigenvalue weighted by Crippen LogP contribution is 2.26. The van der Waals surface area contributed by atoms with Crippen molar-refractivity contribution in [3.63, 3.8) is 0 Å². The topological polar surface area (TPSA) is 35.0 Å². The SMILES string of the molecule is CC.Cc1ccc(Oc2ccc3c(c2)CCCCCC3)nn1. The second-order valence-electron chi connectivity index (χ2n) is 5.46. The normalized spacial score (nSPS) is 14.0. The smallest absolute Gasteiger partial charge is 0.238 e. The molecule has 3 heteroatoms. The molecule has 2 aromatic rings. The second-order valence-corrected chi connectivity index (χ2v) is 5.46. The van der Waals surface area contributed by atoms with Crippen LogP contribution in [0.5, 0.6) is 11.6 Å². The number of hydrogen-bond donors (Lipinski definition) is 0. The van der Waals surface area contributed by atoms with Crippen LogP contribution in [0.2, 0.25) is 0 Å². The van der Waals surface area contributed by atoms with Gasteiger partial charge in [-0.05, 0) is 61.9 Å². The number of hydrogen-bond acceptors (Lipinski definition) is 3. The van der Waals surface area contributed by atoms with E-state index in [2.05, 4.69) is 22.3 Å². The molecule has 0 saturated heterocycles. The van der Waals surface area contributed by atoms with Crippen LogP contribution in [0.15, 0.2) is 30.3 Å². The summed E-state index contributed by atoms with van der Waals surface area (Å²) in [6.45, 7) is 5.92. The van der Waals surface area contributed by atoms with Crippen molar-refractivity contribution >= 4 is 0 Å². The van der Waals surface area contributed by atoms with Gasteiger partial charge >= 0.3 is 0 Å². The molecule has 0 amide bonds. The molecule has 0 radical (unpaired) electrons. The summed E-state index contributed by atoms with van der Waals surface area (Å²) in [7, 11) is 0. The van der Waals surface area contributed by atoms with E-state index < -0.39 is 0 Å². The van der Waals surface area contributed by atoms with Crippen molar-refractivity contribution in [3.8, 4) is 11.6 Å². The molecule has 0 aliphatic heterocycles. The molecule has 3 rings (SSSR count). The maximum Gasteiger partial charge on any atom is 0.238 e. The quantitative estimate of drug-likeness (QED) is 0.758. The molecule has 0 unspecified atom stereocenters. The van der Waals surface area contributed by atoms with E-state index in [9.17, 15) is 0 Å². The molecule has 0 fully saturated rings. The molecule has 0 atom stereocenters. The van der Waals surface area contributed by atoms with Gasteiger partial charge in [0.25, 0.3) is 0 Å². The Morgan fingerprint density at radius 2 is 1.55 bits per heavy atom. The molecule has 22 heavy (non-hydrogen) atoms. The first-order chi connectivity index (χ1) is 10.8. The zero-order valence-electron chi connectivity index (χ0n) is 13.9. The highest BCUT2D eigenvalue weighted by molar-refractivity contribution is 5.37. The lowest BCUT2D eigenvalue weighted by atomic mass is 9.93. The van der Waals surface area contributed by atoms with Crippen LogP contribution >= 0.6 is 0 Å². The van der Waals surface area contributed by atoms with Gasteiger partial charge in [-0.3, -0.25) is 0 Å². The van der Waals surface area contributed by atoms with Crippen molar-refractivity contribution in [3.05, 3.63) is 47.2 Å². The fourth-order valence-corrected chi connectivity index (χ4v) is 2.69. The van der Waals surface area contributed by atoms with Gasteiger partial charge in [-0.15, -0.1) is 5.10 Å². The first-order valence-electron chi connectivity index (χ1n) is 8.41. The van der Waals surface area contributed by atoms with Gasteiger partial charge in [0.1, 0.15) is 5.75 Å². The van der Waals surface area contributed by atoms with Crippen LogP contribution in [0.1, 0.15) is 56.4 Å². The Kier molecular flexibility index (Phi) is 6.38. The standard InChI is InChI=1S/C17H20N2O.C2H6/c1-13-8-11-17(19-18-13)20-16-10-9-14-6-4-2-3-5-7-15(14)12-16;1-2/h8-12H,2-7H2,1H3;1-2H3. The second kappa shape index (κ2) is 8.52. The van der Waals surface area contributed by atoms with Gasteiger partial charge < -0.3 is 4.74 Å². The number of nitrogens with zero attached hydrogens (tertiary/aromatic N) is 2. The van der Waals surface area contributed by atoms with Gasteiger partial charge in [-0.1, -0.05) is 32.8 Å². The number of benzene rings is 1. The summed E-state index contributed by atoms with van der Waals surface area (Å²) in [5.74, 6) is 1.42. The average molecular weight is 298 g/mol. The maximum absolute atomic E-state index is 5.80. The Bertz CT molecular complexity index is 578. The molecule has 0 N–H and O–H groups in total. The number of aromatic nitrogens is 2. The minimum absolute atomic E-state index is 0.557. The summed E-state index contributed by atoms with van der Waals surface area (Å²) < 4.78 is 5.80. The highest BCUT2D eigenvalue weighted by atomic mass is 16.5. The highest BCUT2D eigenvalue weighted by Gasteiger charge is 2.09. The van der Waals surface area contributed by atoms with Crippen molar-refractivity contribution in [2.45, 2.75) is 59.3 Å². The van der Waals surface area contributed by atoms with E-state index in [4.69, 9.17) is 4.74 Å². The summed E-state index contributed by atoms with van der Waals surface area (Å²) in [6, 6.07) is 10.2. The average Bonchev–Trinajstić information content (AvgIpc) is 2.53. The van der Waals surface area contributed by atoms with Gasteiger partial charge in [0.05, 0.1) is 5.69 Å². The Morgan fingerprint density at radius 1 is 0.818 bits per heavy atom. The lowest BCUT2D eigenvalue weighted by Crippen LogP contribution is -2.00. The molecule has 1 heterocycles. The van der Waals surface area contributed by atoms with E-state index in [1.807, 2.05) is 39.0 Å². The van der Waals surface area contributed by atoms with Crippen LogP contribution in [0.3, 0.4) is 0 Å². The Labute approximate surface area is 133 Å². The van der Waals surface area contributed by atoms with Crippen molar-refractivity contribution in [2.75, 3.05) is 0 Å². The van der Waals surface area contributed by atoms with Crippen molar-refractivity contribution in [2.24, 2.45) is 0 Å². The lowest BCUT2D eigenvalue weighted by molar-refractivity contribution is 0.453. The summed E-state index contributed by atoms with van der Waals surface area (Å²) in [6.07, 6.45) is 7.63. The van der Waals surface area contributed by atoms with E-state index in [1.165, 1.54) is 43.2 Å². The monoisotopic (exact) mass is 298 g/mol. The van der Waals surface area contributed by atoms with Crippen LogP contribution in [0.25, 0.3) is 0 Å². The number of fused-ring (bicyclic) bond motifs is 1. The van der Waals surface area contributed by atoms with Crippen molar-refractivity contribution in [1.29, 1.82) is 0 Å². The third-order valence-corrected chi connectivity index (χ3v) is 3.82. The zero-order chi connectivity index (χ0) is 15.8. The first kappa shape index (κ1) is 16.5. The molecule has 1 aliphatic carbocycles. The Balaban J connectivity index is 0.000000847. The summed E-state index contributed by atoms with van der Waals surface area (Å²) >= 11 is 0. The van der Waals surface area contributed by atoms with Crippen LogP contribution in [0, 0.1) is 6.92 Å². The minimum atomic E-state index is 0.557. The van der Waals surface area contributed by atoms with E-state index in [-0.39, 0.29) is 0 Å². The molecular formula is C19H26N2O. The van der Waals surface area contributed by atoms with E-state index in [1.54, 1.807) is 0 Å². The first-order valence-corrected chi connectivity index (χ1v) is 8.41. The van der Waals surface area contributed by atoms with E-state index in [0.29, 0.717) is 5.88 Å². The number of aryl methyl sites for hydroxylation is 3. The Morgan fingerprint density at radius 3 is 2.23 bits per heavy atom. The van der Waals surface area contributed by atoms with Crippen LogP contribution in [-0.4, -0.2) is 10.2 Å². The zero-order valence-corrected chi connectivity index (χ0v) is 13.9. The number of rotatable bonds is 2. The third kappa shape index (κ3) is 4.55. The number of ether oxygens (including phenoxy) is 1. The molecule has 1 aromatic carbocycles. The van der Waals surface area contributed by atoms with Crippen LogP contribution in [-0.2, 0) is 12.8 Å². The fourth-order valence-electron chi connectivity index (χ4n) is 2.69. The van der Waals surface area contributed by atoms with Crippen molar-refractivity contribution < 1.29 is 4.74 Å². The summed E-state index contributed by atoms with van der Waals surface area (Å²) in [5, 5.41) is 8.06. The Hall–Kier alpha value is -1.90. The molecule has 1 aromatic heterocycles. The van der Waals surface area contributed by atoms with Crippen molar-refractivity contribution in [1.82, 2.24) is 10.2 Å². The lowest BCUT2D eigenvalue weighted by Gasteiger charge is -2.15. The third-order valence-electron chi connectivity index (χ3n) is 3.82. The van der Waals surface area contributed by atoms with Gasteiger partial charge in [0.2, 0.25) is 5.88 Å². The fraction of sp³-hybridized carbons (Fsp3) is 0.474. The molecule has 118 valence electrons. The summed E-state index contributed by atoms with van der Waals surface area (Å²) in [5.41, 5.74) is 3.81. The largest absolute Gasteiger partial charge is 0.438 e. The van der Waals surface area contributed by atoms with E-state index in [0.717, 1.165) is 17.9 Å². The molecule has 0 bridgehead atoms. The molecule has 3 nitrogen and oxygen atoms in total. The van der Waals surface area contributed by atoms with Gasteiger partial charge in [-0.2, -0.15) is 5.10 Å². The van der Waals surface area contributed by atoms with Gasteiger partial charge in [0.15, 0.2) is 0 Å². The minimum Gasteiger partial charge on any atom is -0.438 e. The van der Waals surface area contributed by atoms with Gasteiger partial charge in [0, 0.05) is 6.07 Å². The predicted molar refractivity (Wildman–Crippen MR) is 90.5 cm³/mol. The molecule has 0 saturated carbocycles. The maximum atomic E-state index is 5.80. The van der Waals surface area contributed by atoms with E-state index >= 15 is 0 Å². The summed E-state index contributed by atoms with van der Waals surface area (Å²) in [4.78, 5) is 0. The van der Waals surface area contributed by atoms with Crippen LogP contribution < -0.4 is 4.74 Å². The molecular weight excluding hydrogens is 272 g/mol. The molecule has 1 aliphatic rings.